The lowest BCUT2D eigenvalue weighted by Gasteiger charge is -2.15. The second-order valence-corrected chi connectivity index (χ2v) is 4.87. The van der Waals surface area contributed by atoms with Crippen molar-refractivity contribution in [3.63, 3.8) is 0 Å². The van der Waals surface area contributed by atoms with Gasteiger partial charge in [-0.2, -0.15) is 0 Å². The van der Waals surface area contributed by atoms with Crippen molar-refractivity contribution < 1.29 is 14.5 Å². The van der Waals surface area contributed by atoms with Crippen LogP contribution in [0, 0.1) is 10.1 Å². The number of amides is 1. The Morgan fingerprint density at radius 2 is 2.30 bits per heavy atom. The number of hydrogen-bond donors (Lipinski definition) is 2. The topological polar surface area (TPSA) is 107 Å². The molecule has 1 aliphatic carbocycles. The highest BCUT2D eigenvalue weighted by atomic mass is 16.6. The van der Waals surface area contributed by atoms with Crippen LogP contribution in [-0.4, -0.2) is 23.0 Å². The maximum Gasteiger partial charge on any atom is 0.270 e. The molecule has 1 aromatic carbocycles. The average Bonchev–Trinajstić information content (AvgIpc) is 3.21. The fraction of sp³-hybridized carbons (Fsp3) is 0.462. The molecular formula is C13H17N3O4. The predicted molar refractivity (Wildman–Crippen MR) is 72.2 cm³/mol. The number of rotatable bonds is 7. The van der Waals surface area contributed by atoms with Gasteiger partial charge in [0.15, 0.2) is 6.10 Å². The summed E-state index contributed by atoms with van der Waals surface area (Å²) >= 11 is 0. The molecule has 0 radical (unpaired) electrons. The zero-order chi connectivity index (χ0) is 14.7. The van der Waals surface area contributed by atoms with Gasteiger partial charge in [0.25, 0.3) is 11.6 Å². The Balaban J connectivity index is 2.18. The largest absolute Gasteiger partial charge is 0.481 e. The Morgan fingerprint density at radius 3 is 2.85 bits per heavy atom. The van der Waals surface area contributed by atoms with Crippen LogP contribution in [0.2, 0.25) is 0 Å². The fourth-order valence-electron chi connectivity index (χ4n) is 1.72. The maximum absolute atomic E-state index is 11.0. The molecule has 1 saturated carbocycles. The Morgan fingerprint density at radius 1 is 1.60 bits per heavy atom. The molecule has 1 aliphatic rings. The summed E-state index contributed by atoms with van der Waals surface area (Å²) in [6, 6.07) is 4.78. The normalized spacial score (nSPS) is 15.7. The molecule has 1 atom stereocenters. The van der Waals surface area contributed by atoms with Crippen LogP contribution in [0.15, 0.2) is 18.2 Å². The molecule has 2 rings (SSSR count). The first kappa shape index (κ1) is 14.3. The molecule has 0 spiro atoms. The standard InChI is InChI=1S/C13H17N3O4/c1-8(13(14)17)20-12-5-4-11(16(18)19)6-9(12)7-15-10-2-3-10/h4-6,8,10,15H,2-3,7H2,1H3,(H2,14,17). The van der Waals surface area contributed by atoms with E-state index in [1.54, 1.807) is 6.92 Å². The number of primary amides is 1. The fourth-order valence-corrected chi connectivity index (χ4v) is 1.72. The van der Waals surface area contributed by atoms with Gasteiger partial charge in [0, 0.05) is 30.3 Å². The lowest BCUT2D eigenvalue weighted by atomic mass is 10.1. The summed E-state index contributed by atoms with van der Waals surface area (Å²) in [5, 5.41) is 14.1. The summed E-state index contributed by atoms with van der Waals surface area (Å²) in [5.74, 6) is -0.139. The van der Waals surface area contributed by atoms with E-state index < -0.39 is 16.9 Å². The van der Waals surface area contributed by atoms with E-state index in [9.17, 15) is 14.9 Å². The van der Waals surface area contributed by atoms with E-state index in [-0.39, 0.29) is 5.69 Å². The number of nitro benzene ring substituents is 1. The Bertz CT molecular complexity index is 528. The van der Waals surface area contributed by atoms with Crippen molar-refractivity contribution in [3.05, 3.63) is 33.9 Å². The first-order valence-corrected chi connectivity index (χ1v) is 6.44. The molecule has 1 fully saturated rings. The molecule has 0 aliphatic heterocycles. The summed E-state index contributed by atoms with van der Waals surface area (Å²) in [7, 11) is 0. The van der Waals surface area contributed by atoms with Crippen LogP contribution < -0.4 is 15.8 Å². The quantitative estimate of drug-likeness (QED) is 0.574. The third kappa shape index (κ3) is 3.67. The highest BCUT2D eigenvalue weighted by Gasteiger charge is 2.22. The predicted octanol–water partition coefficient (Wildman–Crippen LogP) is 1.10. The third-order valence-corrected chi connectivity index (χ3v) is 3.12. The van der Waals surface area contributed by atoms with Crippen molar-refractivity contribution >= 4 is 11.6 Å². The highest BCUT2D eigenvalue weighted by molar-refractivity contribution is 5.78. The molecule has 1 aromatic rings. The van der Waals surface area contributed by atoms with Crippen molar-refractivity contribution in [2.24, 2.45) is 5.73 Å². The average molecular weight is 279 g/mol. The lowest BCUT2D eigenvalue weighted by Crippen LogP contribution is -2.31. The van der Waals surface area contributed by atoms with Crippen LogP contribution in [0.25, 0.3) is 0 Å². The van der Waals surface area contributed by atoms with Crippen molar-refractivity contribution in [1.82, 2.24) is 5.32 Å². The number of carbonyl (C=O) groups excluding carboxylic acids is 1. The Kier molecular flexibility index (Phi) is 4.19. The summed E-state index contributed by atoms with van der Waals surface area (Å²) in [4.78, 5) is 21.4. The SMILES string of the molecule is CC(Oc1ccc([N+](=O)[O-])cc1CNC1CC1)C(N)=O. The van der Waals surface area contributed by atoms with E-state index in [0.717, 1.165) is 12.8 Å². The lowest BCUT2D eigenvalue weighted by molar-refractivity contribution is -0.384. The number of nitro groups is 1. The molecule has 1 unspecified atom stereocenters. The van der Waals surface area contributed by atoms with Gasteiger partial charge >= 0.3 is 0 Å². The maximum atomic E-state index is 11.0. The number of ether oxygens (including phenoxy) is 1. The van der Waals surface area contributed by atoms with Crippen LogP contribution >= 0.6 is 0 Å². The minimum atomic E-state index is -0.781. The minimum Gasteiger partial charge on any atom is -0.481 e. The monoisotopic (exact) mass is 279 g/mol. The molecule has 3 N–H and O–H groups in total. The van der Waals surface area contributed by atoms with Gasteiger partial charge in [-0.25, -0.2) is 0 Å². The van der Waals surface area contributed by atoms with Gasteiger partial charge in [0.1, 0.15) is 5.75 Å². The summed E-state index contributed by atoms with van der Waals surface area (Å²) in [6.07, 6.45) is 1.45. The van der Waals surface area contributed by atoms with Gasteiger partial charge in [-0.3, -0.25) is 14.9 Å². The molecule has 0 heterocycles. The molecule has 0 saturated heterocycles. The number of nitrogens with zero attached hydrogens (tertiary/aromatic N) is 1. The number of carbonyl (C=O) groups is 1. The number of nitrogens with one attached hydrogen (secondary N) is 1. The summed E-state index contributed by atoms with van der Waals surface area (Å²) in [6.45, 7) is 2.01. The molecule has 20 heavy (non-hydrogen) atoms. The highest BCUT2D eigenvalue weighted by Crippen LogP contribution is 2.27. The van der Waals surface area contributed by atoms with E-state index in [1.807, 2.05) is 0 Å². The Hall–Kier alpha value is -2.15. The second kappa shape index (κ2) is 5.87. The number of non-ortho nitro benzene ring substituents is 1. The van der Waals surface area contributed by atoms with Crippen molar-refractivity contribution in [1.29, 1.82) is 0 Å². The Labute approximate surface area is 116 Å². The molecular weight excluding hydrogens is 262 g/mol. The van der Waals surface area contributed by atoms with E-state index >= 15 is 0 Å². The smallest absolute Gasteiger partial charge is 0.270 e. The van der Waals surface area contributed by atoms with Gasteiger partial charge < -0.3 is 15.8 Å². The van der Waals surface area contributed by atoms with E-state index in [4.69, 9.17) is 10.5 Å². The van der Waals surface area contributed by atoms with Crippen LogP contribution in [-0.2, 0) is 11.3 Å². The first-order valence-electron chi connectivity index (χ1n) is 6.44. The van der Waals surface area contributed by atoms with Gasteiger partial charge in [0.2, 0.25) is 0 Å². The van der Waals surface area contributed by atoms with Crippen LogP contribution in [0.5, 0.6) is 5.75 Å². The van der Waals surface area contributed by atoms with Crippen molar-refractivity contribution in [3.8, 4) is 5.75 Å². The molecule has 108 valence electrons. The van der Waals surface area contributed by atoms with Crippen LogP contribution in [0.1, 0.15) is 25.3 Å². The van der Waals surface area contributed by atoms with E-state index in [1.165, 1.54) is 18.2 Å². The van der Waals surface area contributed by atoms with Crippen molar-refractivity contribution in [2.45, 2.75) is 38.5 Å². The third-order valence-electron chi connectivity index (χ3n) is 3.12. The van der Waals surface area contributed by atoms with E-state index in [0.29, 0.717) is 23.9 Å². The van der Waals surface area contributed by atoms with Gasteiger partial charge in [-0.1, -0.05) is 0 Å². The number of benzene rings is 1. The van der Waals surface area contributed by atoms with Gasteiger partial charge in [0.05, 0.1) is 4.92 Å². The van der Waals surface area contributed by atoms with Crippen LogP contribution in [0.3, 0.4) is 0 Å². The molecule has 7 heteroatoms. The van der Waals surface area contributed by atoms with E-state index in [2.05, 4.69) is 5.32 Å². The zero-order valence-corrected chi connectivity index (χ0v) is 11.2. The van der Waals surface area contributed by atoms with Crippen LogP contribution in [0.4, 0.5) is 5.69 Å². The van der Waals surface area contributed by atoms with Gasteiger partial charge in [-0.05, 0) is 25.8 Å². The molecule has 0 bridgehead atoms. The molecule has 1 amide bonds. The zero-order valence-electron chi connectivity index (χ0n) is 11.2. The van der Waals surface area contributed by atoms with Gasteiger partial charge in [-0.15, -0.1) is 0 Å². The minimum absolute atomic E-state index is 0.00308. The van der Waals surface area contributed by atoms with Crippen molar-refractivity contribution in [2.75, 3.05) is 0 Å². The number of nitrogens with two attached hydrogens (primary N) is 1. The summed E-state index contributed by atoms with van der Waals surface area (Å²) in [5.41, 5.74) is 5.81. The first-order chi connectivity index (χ1) is 9.47. The summed E-state index contributed by atoms with van der Waals surface area (Å²) < 4.78 is 5.46. The number of hydrogen-bond acceptors (Lipinski definition) is 5. The molecule has 0 aromatic heterocycles. The second-order valence-electron chi connectivity index (χ2n) is 4.87. The molecule has 7 nitrogen and oxygen atoms in total.